The van der Waals surface area contributed by atoms with Gasteiger partial charge in [-0.15, -0.1) is 0 Å². The third-order valence-electron chi connectivity index (χ3n) is 2.52. The van der Waals surface area contributed by atoms with E-state index < -0.39 is 0 Å². The average molecular weight is 167 g/mol. The normalized spacial score (nSPS) is 22.5. The zero-order valence-corrected chi connectivity index (χ0v) is 7.14. The molecule has 1 unspecified atom stereocenters. The summed E-state index contributed by atoms with van der Waals surface area (Å²) in [6.45, 7) is 0. The molecule has 0 amide bonds. The number of nitrogens with zero attached hydrogens (tertiary/aromatic N) is 1. The highest BCUT2D eigenvalue weighted by Crippen LogP contribution is 2.37. The SMILES string of the molecule is C1=CC2=Nc3ccccc3C2C=C1. The minimum atomic E-state index is 0.404. The molecule has 1 aliphatic heterocycles. The van der Waals surface area contributed by atoms with Crippen molar-refractivity contribution in [1.82, 2.24) is 0 Å². The van der Waals surface area contributed by atoms with Gasteiger partial charge in [-0.05, 0) is 17.7 Å². The molecule has 3 rings (SSSR count). The third kappa shape index (κ3) is 0.903. The summed E-state index contributed by atoms with van der Waals surface area (Å²) in [5.74, 6) is 0.404. The second kappa shape index (κ2) is 2.43. The summed E-state index contributed by atoms with van der Waals surface area (Å²) in [6.07, 6.45) is 8.42. The van der Waals surface area contributed by atoms with Crippen LogP contribution in [0.25, 0.3) is 0 Å². The van der Waals surface area contributed by atoms with E-state index in [0.717, 1.165) is 5.69 Å². The van der Waals surface area contributed by atoms with E-state index in [1.165, 1.54) is 11.3 Å². The fraction of sp³-hybridized carbons (Fsp3) is 0.0833. The molecule has 0 aromatic heterocycles. The number of benzene rings is 1. The lowest BCUT2D eigenvalue weighted by Gasteiger charge is -2.08. The summed E-state index contributed by atoms with van der Waals surface area (Å²) in [5.41, 5.74) is 3.63. The van der Waals surface area contributed by atoms with Crippen LogP contribution in [-0.4, -0.2) is 5.71 Å². The lowest BCUT2D eigenvalue weighted by Crippen LogP contribution is -2.04. The lowest BCUT2D eigenvalue weighted by molar-refractivity contribution is 1.18. The van der Waals surface area contributed by atoms with E-state index in [-0.39, 0.29) is 0 Å². The number of aliphatic imine (C=N–C) groups is 1. The van der Waals surface area contributed by atoms with E-state index in [2.05, 4.69) is 41.4 Å². The first-order valence-electron chi connectivity index (χ1n) is 4.47. The van der Waals surface area contributed by atoms with Crippen molar-refractivity contribution in [3.8, 4) is 0 Å². The summed E-state index contributed by atoms with van der Waals surface area (Å²) < 4.78 is 0. The average Bonchev–Trinajstić information content (AvgIpc) is 2.56. The zero-order valence-electron chi connectivity index (χ0n) is 7.14. The smallest absolute Gasteiger partial charge is 0.0675 e. The number of rotatable bonds is 0. The highest BCUT2D eigenvalue weighted by molar-refractivity contribution is 6.07. The maximum Gasteiger partial charge on any atom is 0.0675 e. The Hall–Kier alpha value is -1.63. The second-order valence-electron chi connectivity index (χ2n) is 3.32. The predicted octanol–water partition coefficient (Wildman–Crippen LogP) is 2.98. The van der Waals surface area contributed by atoms with E-state index in [9.17, 15) is 0 Å². The Bertz CT molecular complexity index is 438. The van der Waals surface area contributed by atoms with Gasteiger partial charge in [0.2, 0.25) is 0 Å². The summed E-state index contributed by atoms with van der Waals surface area (Å²) in [7, 11) is 0. The van der Waals surface area contributed by atoms with Crippen LogP contribution in [0.15, 0.2) is 53.6 Å². The van der Waals surface area contributed by atoms with Crippen LogP contribution >= 0.6 is 0 Å². The molecule has 0 saturated carbocycles. The van der Waals surface area contributed by atoms with Gasteiger partial charge < -0.3 is 0 Å². The molecule has 0 fully saturated rings. The molecule has 1 atom stereocenters. The number of fused-ring (bicyclic) bond motifs is 3. The van der Waals surface area contributed by atoms with E-state index in [1.54, 1.807) is 0 Å². The van der Waals surface area contributed by atoms with E-state index in [0.29, 0.717) is 5.92 Å². The molecule has 0 bridgehead atoms. The Kier molecular flexibility index (Phi) is 1.28. The van der Waals surface area contributed by atoms with Crippen molar-refractivity contribution in [3.05, 3.63) is 54.1 Å². The number of hydrogen-bond donors (Lipinski definition) is 0. The topological polar surface area (TPSA) is 12.4 Å². The molecule has 13 heavy (non-hydrogen) atoms. The molecule has 1 nitrogen and oxygen atoms in total. The first kappa shape index (κ1) is 6.84. The van der Waals surface area contributed by atoms with Crippen molar-refractivity contribution >= 4 is 11.4 Å². The van der Waals surface area contributed by atoms with Gasteiger partial charge in [-0.25, -0.2) is 0 Å². The van der Waals surface area contributed by atoms with Crippen molar-refractivity contribution in [1.29, 1.82) is 0 Å². The molecule has 0 spiro atoms. The van der Waals surface area contributed by atoms with Crippen LogP contribution in [0.2, 0.25) is 0 Å². The van der Waals surface area contributed by atoms with Crippen molar-refractivity contribution in [3.63, 3.8) is 0 Å². The van der Waals surface area contributed by atoms with Gasteiger partial charge in [0.15, 0.2) is 0 Å². The van der Waals surface area contributed by atoms with E-state index >= 15 is 0 Å². The zero-order chi connectivity index (χ0) is 8.67. The largest absolute Gasteiger partial charge is 0.252 e. The first-order chi connectivity index (χ1) is 6.45. The van der Waals surface area contributed by atoms with Gasteiger partial charge in [-0.2, -0.15) is 0 Å². The van der Waals surface area contributed by atoms with E-state index in [1.807, 2.05) is 12.1 Å². The summed E-state index contributed by atoms with van der Waals surface area (Å²) >= 11 is 0. The molecule has 1 heterocycles. The van der Waals surface area contributed by atoms with Gasteiger partial charge in [0, 0.05) is 5.92 Å². The molecular weight excluding hydrogens is 158 g/mol. The molecular formula is C12H9N. The predicted molar refractivity (Wildman–Crippen MR) is 54.6 cm³/mol. The van der Waals surface area contributed by atoms with Crippen LogP contribution in [0.4, 0.5) is 5.69 Å². The maximum atomic E-state index is 4.55. The van der Waals surface area contributed by atoms with Gasteiger partial charge in [0.25, 0.3) is 0 Å². The van der Waals surface area contributed by atoms with Crippen LogP contribution in [0, 0.1) is 0 Å². The van der Waals surface area contributed by atoms with Crippen LogP contribution in [-0.2, 0) is 0 Å². The van der Waals surface area contributed by atoms with Crippen LogP contribution in [0.5, 0.6) is 0 Å². The number of allylic oxidation sites excluding steroid dienone is 4. The Morgan fingerprint density at radius 1 is 1.08 bits per heavy atom. The highest BCUT2D eigenvalue weighted by Gasteiger charge is 2.23. The molecule has 1 heteroatoms. The van der Waals surface area contributed by atoms with Crippen molar-refractivity contribution < 1.29 is 0 Å². The second-order valence-corrected chi connectivity index (χ2v) is 3.32. The van der Waals surface area contributed by atoms with Crippen molar-refractivity contribution in [2.24, 2.45) is 4.99 Å². The van der Waals surface area contributed by atoms with Crippen LogP contribution < -0.4 is 0 Å². The van der Waals surface area contributed by atoms with Gasteiger partial charge in [-0.1, -0.05) is 36.4 Å². The van der Waals surface area contributed by atoms with Gasteiger partial charge >= 0.3 is 0 Å². The first-order valence-corrected chi connectivity index (χ1v) is 4.47. The Labute approximate surface area is 77.1 Å². The van der Waals surface area contributed by atoms with Gasteiger partial charge in [0.1, 0.15) is 0 Å². The quantitative estimate of drug-likeness (QED) is 0.563. The maximum absolute atomic E-state index is 4.55. The molecule has 0 radical (unpaired) electrons. The molecule has 1 aromatic rings. The molecule has 2 aliphatic rings. The standard InChI is InChI=1S/C12H9N/c1-3-7-11-9(5-1)10-6-2-4-8-12(10)13-11/h1-9H. The number of hydrogen-bond acceptors (Lipinski definition) is 1. The fourth-order valence-electron chi connectivity index (χ4n) is 1.89. The fourth-order valence-corrected chi connectivity index (χ4v) is 1.89. The minimum absolute atomic E-state index is 0.404. The van der Waals surface area contributed by atoms with Gasteiger partial charge in [0.05, 0.1) is 11.4 Å². The molecule has 62 valence electrons. The molecule has 0 N–H and O–H groups in total. The van der Waals surface area contributed by atoms with Crippen molar-refractivity contribution in [2.45, 2.75) is 5.92 Å². The van der Waals surface area contributed by atoms with Crippen LogP contribution in [0.1, 0.15) is 11.5 Å². The summed E-state index contributed by atoms with van der Waals surface area (Å²) in [6, 6.07) is 8.33. The summed E-state index contributed by atoms with van der Waals surface area (Å²) in [4.78, 5) is 4.55. The van der Waals surface area contributed by atoms with Crippen LogP contribution in [0.3, 0.4) is 0 Å². The minimum Gasteiger partial charge on any atom is -0.252 e. The number of para-hydroxylation sites is 1. The monoisotopic (exact) mass is 167 g/mol. The summed E-state index contributed by atoms with van der Waals surface area (Å²) in [5, 5.41) is 0. The highest BCUT2D eigenvalue weighted by atomic mass is 14.8. The molecule has 0 saturated heterocycles. The Balaban J connectivity index is 2.22. The Morgan fingerprint density at radius 3 is 3.00 bits per heavy atom. The Morgan fingerprint density at radius 2 is 2.00 bits per heavy atom. The van der Waals surface area contributed by atoms with Crippen molar-refractivity contribution in [2.75, 3.05) is 0 Å². The van der Waals surface area contributed by atoms with Gasteiger partial charge in [-0.3, -0.25) is 4.99 Å². The third-order valence-corrected chi connectivity index (χ3v) is 2.52. The molecule has 1 aliphatic carbocycles. The lowest BCUT2D eigenvalue weighted by atomic mass is 9.93. The molecule has 1 aromatic carbocycles. The van der Waals surface area contributed by atoms with E-state index in [4.69, 9.17) is 0 Å².